The first-order chi connectivity index (χ1) is 5.52. The maximum absolute atomic E-state index is 5.62. The summed E-state index contributed by atoms with van der Waals surface area (Å²) >= 11 is 0. The molecule has 1 fully saturated rings. The first kappa shape index (κ1) is 10.0. The van der Waals surface area contributed by atoms with E-state index < -0.39 is 7.32 Å². The van der Waals surface area contributed by atoms with E-state index >= 15 is 0 Å². The van der Waals surface area contributed by atoms with Crippen molar-refractivity contribution in [2.75, 3.05) is 13.2 Å². The first-order valence-electron chi connectivity index (χ1n) is 4.43. The summed E-state index contributed by atoms with van der Waals surface area (Å²) in [6.45, 7) is 9.60. The van der Waals surface area contributed by atoms with E-state index in [1.165, 1.54) is 0 Å². The van der Waals surface area contributed by atoms with Crippen molar-refractivity contribution in [1.29, 1.82) is 0 Å². The smallest absolute Gasteiger partial charge is 0.384 e. The quantitative estimate of drug-likeness (QED) is 0.603. The lowest BCUT2D eigenvalue weighted by Gasteiger charge is -2.30. The van der Waals surface area contributed by atoms with Crippen LogP contribution in [0.5, 0.6) is 0 Å². The minimum atomic E-state index is -0.456. The van der Waals surface area contributed by atoms with Crippen molar-refractivity contribution in [1.82, 2.24) is 0 Å². The fraction of sp³-hybridized carbons (Fsp3) is 1.00. The third-order valence-corrected chi connectivity index (χ3v) is 2.38. The molecule has 0 amide bonds. The molecule has 0 radical (unpaired) electrons. The maximum atomic E-state index is 5.62. The average molecular weight is 172 g/mol. The molecule has 0 aromatic rings. The van der Waals surface area contributed by atoms with Gasteiger partial charge in [0.25, 0.3) is 0 Å². The van der Waals surface area contributed by atoms with Gasteiger partial charge in [0.05, 0.1) is 18.8 Å². The fourth-order valence-corrected chi connectivity index (χ4v) is 0.789. The van der Waals surface area contributed by atoms with E-state index in [1.807, 2.05) is 13.8 Å². The van der Waals surface area contributed by atoms with Crippen LogP contribution in [-0.4, -0.2) is 26.1 Å². The Morgan fingerprint density at radius 2 is 1.75 bits per heavy atom. The van der Waals surface area contributed by atoms with Gasteiger partial charge in [-0.05, 0) is 19.8 Å². The van der Waals surface area contributed by atoms with Crippen LogP contribution in [0.25, 0.3) is 0 Å². The van der Waals surface area contributed by atoms with Crippen molar-refractivity contribution in [2.24, 2.45) is 5.92 Å². The Morgan fingerprint density at radius 3 is 2.17 bits per heavy atom. The van der Waals surface area contributed by atoms with E-state index in [0.29, 0.717) is 19.1 Å². The van der Waals surface area contributed by atoms with E-state index in [-0.39, 0.29) is 5.60 Å². The van der Waals surface area contributed by atoms with Gasteiger partial charge >= 0.3 is 7.32 Å². The first-order valence-corrected chi connectivity index (χ1v) is 4.43. The lowest BCUT2D eigenvalue weighted by atomic mass is 9.93. The van der Waals surface area contributed by atoms with Crippen LogP contribution in [0.4, 0.5) is 0 Å². The Hall–Kier alpha value is -0.0551. The molecule has 0 unspecified atom stereocenters. The molecule has 3 nitrogen and oxygen atoms in total. The average Bonchev–Trinajstić information content (AvgIpc) is 2.38. The minimum Gasteiger partial charge on any atom is -0.384 e. The summed E-state index contributed by atoms with van der Waals surface area (Å²) in [4.78, 5) is 0. The van der Waals surface area contributed by atoms with Crippen LogP contribution in [0.2, 0.25) is 0 Å². The van der Waals surface area contributed by atoms with Crippen molar-refractivity contribution in [3.8, 4) is 0 Å². The van der Waals surface area contributed by atoms with Crippen LogP contribution in [0, 0.1) is 5.92 Å². The van der Waals surface area contributed by atoms with Crippen molar-refractivity contribution >= 4 is 7.32 Å². The van der Waals surface area contributed by atoms with Gasteiger partial charge in [0.15, 0.2) is 0 Å². The zero-order chi connectivity index (χ0) is 9.19. The Morgan fingerprint density at radius 1 is 1.25 bits per heavy atom. The second-order valence-corrected chi connectivity index (χ2v) is 3.91. The highest BCUT2D eigenvalue weighted by Crippen LogP contribution is 2.22. The van der Waals surface area contributed by atoms with Crippen LogP contribution in [0.15, 0.2) is 0 Å². The molecular weight excluding hydrogens is 155 g/mol. The highest BCUT2D eigenvalue weighted by atomic mass is 16.8. The molecule has 0 aliphatic carbocycles. The van der Waals surface area contributed by atoms with E-state index in [2.05, 4.69) is 13.8 Å². The van der Waals surface area contributed by atoms with Gasteiger partial charge in [-0.25, -0.2) is 0 Å². The van der Waals surface area contributed by atoms with Crippen molar-refractivity contribution in [3.05, 3.63) is 0 Å². The van der Waals surface area contributed by atoms with Crippen LogP contribution < -0.4 is 0 Å². The summed E-state index contributed by atoms with van der Waals surface area (Å²) < 4.78 is 16.0. The van der Waals surface area contributed by atoms with Crippen LogP contribution in [-0.2, 0) is 14.0 Å². The molecule has 0 N–H and O–H groups in total. The number of hydrogen-bond acceptors (Lipinski definition) is 3. The molecular formula is C8H17BO3. The Bertz CT molecular complexity index is 141. The Labute approximate surface area is 74.6 Å². The highest BCUT2D eigenvalue weighted by molar-refractivity contribution is 6.37. The van der Waals surface area contributed by atoms with Gasteiger partial charge in [0.1, 0.15) is 0 Å². The summed E-state index contributed by atoms with van der Waals surface area (Å²) in [5.41, 5.74) is -0.186. The molecule has 1 saturated heterocycles. The van der Waals surface area contributed by atoms with Crippen molar-refractivity contribution < 1.29 is 14.0 Å². The third kappa shape index (κ3) is 2.47. The molecule has 0 atom stereocenters. The van der Waals surface area contributed by atoms with Crippen molar-refractivity contribution in [3.63, 3.8) is 0 Å². The molecule has 1 aliphatic heterocycles. The molecule has 4 heteroatoms. The Kier molecular flexibility index (Phi) is 3.15. The largest absolute Gasteiger partial charge is 0.639 e. The van der Waals surface area contributed by atoms with E-state index in [1.54, 1.807) is 0 Å². The predicted molar refractivity (Wildman–Crippen MR) is 47.7 cm³/mol. The molecule has 70 valence electrons. The van der Waals surface area contributed by atoms with Gasteiger partial charge < -0.3 is 14.0 Å². The van der Waals surface area contributed by atoms with Gasteiger partial charge in [-0.2, -0.15) is 0 Å². The lowest BCUT2D eigenvalue weighted by Crippen LogP contribution is -2.38. The third-order valence-electron chi connectivity index (χ3n) is 2.38. The molecule has 1 aliphatic rings. The molecule has 1 heterocycles. The van der Waals surface area contributed by atoms with E-state index in [0.717, 1.165) is 0 Å². The highest BCUT2D eigenvalue weighted by Gasteiger charge is 2.35. The van der Waals surface area contributed by atoms with E-state index in [9.17, 15) is 0 Å². The summed E-state index contributed by atoms with van der Waals surface area (Å²) in [5, 5.41) is 0. The van der Waals surface area contributed by atoms with Crippen LogP contribution in [0.1, 0.15) is 27.7 Å². The zero-order valence-electron chi connectivity index (χ0n) is 8.29. The predicted octanol–water partition coefficient (Wildman–Crippen LogP) is 1.47. The molecule has 0 saturated carbocycles. The van der Waals surface area contributed by atoms with Crippen LogP contribution in [0.3, 0.4) is 0 Å². The van der Waals surface area contributed by atoms with E-state index in [4.69, 9.17) is 14.0 Å². The lowest BCUT2D eigenvalue weighted by molar-refractivity contribution is 0.0118. The van der Waals surface area contributed by atoms with Gasteiger partial charge in [0.2, 0.25) is 0 Å². The summed E-state index contributed by atoms with van der Waals surface area (Å²) in [5.74, 6) is 0.449. The van der Waals surface area contributed by atoms with Crippen molar-refractivity contribution in [2.45, 2.75) is 33.3 Å². The van der Waals surface area contributed by atoms with Gasteiger partial charge in [0, 0.05) is 0 Å². The van der Waals surface area contributed by atoms with Gasteiger partial charge in [-0.3, -0.25) is 0 Å². The van der Waals surface area contributed by atoms with Gasteiger partial charge in [-0.15, -0.1) is 0 Å². The fourth-order valence-electron chi connectivity index (χ4n) is 0.789. The topological polar surface area (TPSA) is 27.7 Å². The van der Waals surface area contributed by atoms with Crippen LogP contribution >= 0.6 is 0 Å². The molecule has 0 bridgehead atoms. The standard InChI is InChI=1S/C8H17BO3/c1-7(2)8(3,4)12-9-10-5-6-11-9/h7H,5-6H2,1-4H3. The minimum absolute atomic E-state index is 0.186. The normalized spacial score (nSPS) is 19.2. The molecule has 12 heavy (non-hydrogen) atoms. The molecule has 0 aromatic carbocycles. The Balaban J connectivity index is 2.37. The molecule has 0 aromatic heterocycles. The second kappa shape index (κ2) is 3.77. The number of rotatable bonds is 3. The second-order valence-electron chi connectivity index (χ2n) is 3.91. The molecule has 0 spiro atoms. The zero-order valence-corrected chi connectivity index (χ0v) is 8.29. The summed E-state index contributed by atoms with van der Waals surface area (Å²) in [6.07, 6.45) is 0. The monoisotopic (exact) mass is 172 g/mol. The summed E-state index contributed by atoms with van der Waals surface area (Å²) in [6, 6.07) is 0. The SMILES string of the molecule is CC(C)C(C)(C)OB1OCCO1. The maximum Gasteiger partial charge on any atom is 0.639 e. The molecule has 1 rings (SSSR count). The summed E-state index contributed by atoms with van der Waals surface area (Å²) in [7, 11) is -0.456. The number of hydrogen-bond donors (Lipinski definition) is 0. The van der Waals surface area contributed by atoms with Gasteiger partial charge in [-0.1, -0.05) is 13.8 Å².